The molecule has 1 aromatic rings. The quantitative estimate of drug-likeness (QED) is 0.835. The molecular formula is C17H17FN2O3S. The van der Waals surface area contributed by atoms with Gasteiger partial charge in [0.2, 0.25) is 17.7 Å². The van der Waals surface area contributed by atoms with Crippen molar-refractivity contribution >= 4 is 40.9 Å². The van der Waals surface area contributed by atoms with Gasteiger partial charge in [-0.2, -0.15) is 0 Å². The summed E-state index contributed by atoms with van der Waals surface area (Å²) in [6.07, 6.45) is 4.92. The second-order valence-electron chi connectivity index (χ2n) is 6.47. The van der Waals surface area contributed by atoms with Crippen LogP contribution in [-0.4, -0.2) is 24.0 Å². The van der Waals surface area contributed by atoms with Crippen LogP contribution in [0.1, 0.15) is 36.5 Å². The van der Waals surface area contributed by atoms with E-state index in [4.69, 9.17) is 0 Å². The Morgan fingerprint density at radius 3 is 2.33 bits per heavy atom. The van der Waals surface area contributed by atoms with Gasteiger partial charge in [-0.3, -0.25) is 14.4 Å². The fourth-order valence-electron chi connectivity index (χ4n) is 4.12. The summed E-state index contributed by atoms with van der Waals surface area (Å²) in [5, 5.41) is 2.09. The fraction of sp³-hybridized carbons (Fsp3) is 0.471. The van der Waals surface area contributed by atoms with Crippen molar-refractivity contribution in [3.05, 3.63) is 23.5 Å². The zero-order valence-electron chi connectivity index (χ0n) is 13.2. The highest BCUT2D eigenvalue weighted by atomic mass is 32.2. The molecule has 2 aliphatic heterocycles. The number of hydrogen-bond acceptors (Lipinski definition) is 4. The van der Waals surface area contributed by atoms with E-state index in [-0.39, 0.29) is 35.2 Å². The Kier molecular flexibility index (Phi) is 3.63. The molecule has 2 heterocycles. The Labute approximate surface area is 143 Å². The highest BCUT2D eigenvalue weighted by molar-refractivity contribution is 7.99. The Bertz CT molecular complexity index is 742. The molecule has 4 rings (SSSR count). The van der Waals surface area contributed by atoms with Crippen LogP contribution in [0.25, 0.3) is 0 Å². The van der Waals surface area contributed by atoms with Gasteiger partial charge in [0.1, 0.15) is 11.1 Å². The zero-order chi connectivity index (χ0) is 17.0. The second-order valence-corrected chi connectivity index (χ2v) is 7.41. The van der Waals surface area contributed by atoms with Crippen molar-refractivity contribution < 1.29 is 18.8 Å². The predicted molar refractivity (Wildman–Crippen MR) is 89.2 cm³/mol. The van der Waals surface area contributed by atoms with Crippen LogP contribution in [0.4, 0.5) is 15.8 Å². The fourth-order valence-corrected chi connectivity index (χ4v) is 4.87. The predicted octanol–water partition coefficient (Wildman–Crippen LogP) is 2.86. The summed E-state index contributed by atoms with van der Waals surface area (Å²) in [5.74, 6) is -2.23. The average molecular weight is 348 g/mol. The summed E-state index contributed by atoms with van der Waals surface area (Å²) in [4.78, 5) is 38.7. The first-order valence-corrected chi connectivity index (χ1v) is 9.37. The van der Waals surface area contributed by atoms with E-state index in [2.05, 4.69) is 5.32 Å². The molecule has 1 N–H and O–H groups in total. The number of carbonyl (C=O) groups excluding carboxylic acids is 3. The van der Waals surface area contributed by atoms with Gasteiger partial charge in [-0.05, 0) is 31.2 Å². The van der Waals surface area contributed by atoms with Gasteiger partial charge in [0.15, 0.2) is 0 Å². The SMILES string of the molecule is CSC1C(=O)Nc2ccc(F)c(N3C(=O)C4CCCCC4C3=O)c21. The number of imide groups is 1. The molecule has 0 aromatic heterocycles. The van der Waals surface area contributed by atoms with Crippen molar-refractivity contribution in [2.45, 2.75) is 30.9 Å². The van der Waals surface area contributed by atoms with Crippen LogP contribution < -0.4 is 10.2 Å². The molecule has 3 amide bonds. The van der Waals surface area contributed by atoms with E-state index in [9.17, 15) is 18.8 Å². The van der Waals surface area contributed by atoms with Gasteiger partial charge < -0.3 is 5.32 Å². The maximum absolute atomic E-state index is 14.7. The number of amides is 3. The van der Waals surface area contributed by atoms with Gasteiger partial charge in [0.25, 0.3) is 0 Å². The van der Waals surface area contributed by atoms with E-state index in [0.717, 1.165) is 17.7 Å². The number of carbonyl (C=O) groups is 3. The minimum absolute atomic E-state index is 0.0328. The normalized spacial score (nSPS) is 28.8. The van der Waals surface area contributed by atoms with Crippen LogP contribution in [0.3, 0.4) is 0 Å². The van der Waals surface area contributed by atoms with Crippen molar-refractivity contribution in [2.75, 3.05) is 16.5 Å². The van der Waals surface area contributed by atoms with E-state index in [1.807, 2.05) is 0 Å². The lowest BCUT2D eigenvalue weighted by atomic mass is 9.81. The summed E-state index contributed by atoms with van der Waals surface area (Å²) >= 11 is 1.26. The van der Waals surface area contributed by atoms with Crippen molar-refractivity contribution in [1.82, 2.24) is 0 Å². The molecule has 2 fully saturated rings. The van der Waals surface area contributed by atoms with Crippen LogP contribution in [0.5, 0.6) is 0 Å². The van der Waals surface area contributed by atoms with Crippen LogP contribution in [0, 0.1) is 17.7 Å². The largest absolute Gasteiger partial charge is 0.324 e. The van der Waals surface area contributed by atoms with Crippen molar-refractivity contribution in [2.24, 2.45) is 11.8 Å². The Morgan fingerprint density at radius 1 is 1.12 bits per heavy atom. The van der Waals surface area contributed by atoms with E-state index in [1.165, 1.54) is 23.9 Å². The van der Waals surface area contributed by atoms with Crippen LogP contribution in [0.2, 0.25) is 0 Å². The van der Waals surface area contributed by atoms with Crippen molar-refractivity contribution in [3.8, 4) is 0 Å². The molecule has 24 heavy (non-hydrogen) atoms. The molecule has 0 bridgehead atoms. The summed E-state index contributed by atoms with van der Waals surface area (Å²) in [6.45, 7) is 0. The molecule has 1 saturated heterocycles. The summed E-state index contributed by atoms with van der Waals surface area (Å²) in [7, 11) is 0. The van der Waals surface area contributed by atoms with Gasteiger partial charge in [-0.15, -0.1) is 11.8 Å². The lowest BCUT2D eigenvalue weighted by molar-refractivity contribution is -0.122. The summed E-state index contributed by atoms with van der Waals surface area (Å²) in [6, 6.07) is 2.69. The maximum Gasteiger partial charge on any atom is 0.242 e. The molecule has 1 saturated carbocycles. The number of anilines is 2. The molecular weight excluding hydrogens is 331 g/mol. The lowest BCUT2D eigenvalue weighted by Crippen LogP contribution is -2.32. The maximum atomic E-state index is 14.7. The molecule has 3 unspecified atom stereocenters. The third-order valence-corrected chi connectivity index (χ3v) is 6.15. The van der Waals surface area contributed by atoms with Gasteiger partial charge in [0, 0.05) is 11.3 Å². The first-order chi connectivity index (χ1) is 11.5. The standard InChI is InChI=1S/C17H17FN2O3S/c1-24-14-12-11(19-15(14)21)7-6-10(18)13(12)20-16(22)8-4-2-3-5-9(8)17(20)23/h6-9,14H,2-5H2,1H3,(H,19,21). The molecule has 0 radical (unpaired) electrons. The molecule has 0 spiro atoms. The number of hydrogen-bond donors (Lipinski definition) is 1. The summed E-state index contributed by atoms with van der Waals surface area (Å²) < 4.78 is 14.7. The summed E-state index contributed by atoms with van der Waals surface area (Å²) in [5.41, 5.74) is 0.855. The van der Waals surface area contributed by atoms with Crippen LogP contribution in [0.15, 0.2) is 12.1 Å². The lowest BCUT2D eigenvalue weighted by Gasteiger charge is -2.20. The van der Waals surface area contributed by atoms with Gasteiger partial charge in [-0.1, -0.05) is 12.8 Å². The third-order valence-electron chi connectivity index (χ3n) is 5.23. The topological polar surface area (TPSA) is 66.5 Å². The number of fused-ring (bicyclic) bond motifs is 2. The minimum Gasteiger partial charge on any atom is -0.324 e. The highest BCUT2D eigenvalue weighted by Gasteiger charge is 2.51. The molecule has 3 atom stereocenters. The molecule has 1 aromatic carbocycles. The number of halogens is 1. The first kappa shape index (κ1) is 15.6. The zero-order valence-corrected chi connectivity index (χ0v) is 14.0. The number of thioether (sulfide) groups is 1. The van der Waals surface area contributed by atoms with E-state index < -0.39 is 11.1 Å². The number of nitrogens with one attached hydrogen (secondary N) is 1. The molecule has 3 aliphatic rings. The van der Waals surface area contributed by atoms with E-state index in [0.29, 0.717) is 24.1 Å². The Balaban J connectivity index is 1.86. The first-order valence-electron chi connectivity index (χ1n) is 8.08. The van der Waals surface area contributed by atoms with E-state index in [1.54, 1.807) is 6.26 Å². The number of benzene rings is 1. The van der Waals surface area contributed by atoms with Crippen molar-refractivity contribution in [1.29, 1.82) is 0 Å². The Morgan fingerprint density at radius 2 is 1.75 bits per heavy atom. The average Bonchev–Trinajstić information content (AvgIpc) is 3.03. The second kappa shape index (κ2) is 5.58. The monoisotopic (exact) mass is 348 g/mol. The van der Waals surface area contributed by atoms with Crippen molar-refractivity contribution in [3.63, 3.8) is 0 Å². The smallest absolute Gasteiger partial charge is 0.242 e. The van der Waals surface area contributed by atoms with Crippen LogP contribution in [-0.2, 0) is 14.4 Å². The minimum atomic E-state index is -0.635. The molecule has 7 heteroatoms. The Hall–Kier alpha value is -1.89. The third kappa shape index (κ3) is 2.03. The molecule has 5 nitrogen and oxygen atoms in total. The number of rotatable bonds is 2. The van der Waals surface area contributed by atoms with E-state index >= 15 is 0 Å². The van der Waals surface area contributed by atoms with Gasteiger partial charge >= 0.3 is 0 Å². The molecule has 1 aliphatic carbocycles. The number of nitrogens with zero attached hydrogens (tertiary/aromatic N) is 1. The van der Waals surface area contributed by atoms with Gasteiger partial charge in [0.05, 0.1) is 17.5 Å². The molecule has 126 valence electrons. The van der Waals surface area contributed by atoms with Gasteiger partial charge in [-0.25, -0.2) is 9.29 Å². The highest BCUT2D eigenvalue weighted by Crippen LogP contribution is 2.49. The van der Waals surface area contributed by atoms with Crippen LogP contribution >= 0.6 is 11.8 Å².